The lowest BCUT2D eigenvalue weighted by Crippen LogP contribution is -2.33. The van der Waals surface area contributed by atoms with Gasteiger partial charge in [0.25, 0.3) is 5.56 Å². The van der Waals surface area contributed by atoms with Crippen LogP contribution in [-0.4, -0.2) is 27.2 Å². The van der Waals surface area contributed by atoms with Gasteiger partial charge in [0.15, 0.2) is 0 Å². The Kier molecular flexibility index (Phi) is 7.22. The van der Waals surface area contributed by atoms with Crippen molar-refractivity contribution in [3.8, 4) is 17.2 Å². The summed E-state index contributed by atoms with van der Waals surface area (Å²) in [6, 6.07) is 13.1. The summed E-state index contributed by atoms with van der Waals surface area (Å²) < 4.78 is 1.52. The highest BCUT2D eigenvalue weighted by atomic mass is 16.4. The monoisotopic (exact) mass is 395 g/mol. The molecule has 2 aromatic rings. The first-order valence-corrected chi connectivity index (χ1v) is 9.82. The predicted molar refractivity (Wildman–Crippen MR) is 114 cm³/mol. The lowest BCUT2D eigenvalue weighted by molar-refractivity contribution is 0.126. The molecule has 6 nitrogen and oxygen atoms in total. The quantitative estimate of drug-likeness (QED) is 0.650. The number of unbranched alkanes of at least 4 members (excludes halogenated alkanes) is 1. The second-order valence-electron chi connectivity index (χ2n) is 8.09. The molecule has 154 valence electrons. The summed E-state index contributed by atoms with van der Waals surface area (Å²) in [6.07, 6.45) is 3.05. The van der Waals surface area contributed by atoms with Gasteiger partial charge in [0, 0.05) is 25.9 Å². The van der Waals surface area contributed by atoms with Crippen LogP contribution in [0.4, 0.5) is 4.79 Å². The first kappa shape index (κ1) is 22.2. The Bertz CT molecular complexity index is 939. The Hall–Kier alpha value is -3.07. The van der Waals surface area contributed by atoms with Crippen molar-refractivity contribution in [3.05, 3.63) is 58.5 Å². The van der Waals surface area contributed by atoms with Gasteiger partial charge in [-0.1, -0.05) is 30.7 Å². The topological polar surface area (TPSA) is 86.3 Å². The fourth-order valence-corrected chi connectivity index (χ4v) is 3.22. The molecule has 0 aliphatic heterocycles. The number of pyridine rings is 1. The number of rotatable bonds is 8. The van der Waals surface area contributed by atoms with Gasteiger partial charge < -0.3 is 14.6 Å². The molecule has 0 unspecified atom stereocenters. The van der Waals surface area contributed by atoms with Crippen LogP contribution in [0.1, 0.15) is 51.6 Å². The van der Waals surface area contributed by atoms with Gasteiger partial charge in [-0.2, -0.15) is 5.26 Å². The summed E-state index contributed by atoms with van der Waals surface area (Å²) in [4.78, 5) is 25.0. The van der Waals surface area contributed by atoms with Crippen molar-refractivity contribution >= 4 is 6.09 Å². The van der Waals surface area contributed by atoms with Gasteiger partial charge in [0.2, 0.25) is 0 Å². The minimum absolute atomic E-state index is 0.0726. The Morgan fingerprint density at radius 1 is 1.21 bits per heavy atom. The van der Waals surface area contributed by atoms with Crippen LogP contribution in [0.5, 0.6) is 0 Å². The molecule has 1 N–H and O–H groups in total. The van der Waals surface area contributed by atoms with Crippen molar-refractivity contribution in [2.75, 3.05) is 6.54 Å². The summed E-state index contributed by atoms with van der Waals surface area (Å²) in [6.45, 7) is 6.10. The first-order chi connectivity index (χ1) is 13.6. The van der Waals surface area contributed by atoms with Crippen LogP contribution in [0.15, 0.2) is 47.4 Å². The number of amides is 1. The van der Waals surface area contributed by atoms with Gasteiger partial charge in [0.05, 0.1) is 17.5 Å². The van der Waals surface area contributed by atoms with Crippen LogP contribution in [0.2, 0.25) is 0 Å². The molecule has 0 fully saturated rings. The van der Waals surface area contributed by atoms with E-state index < -0.39 is 6.09 Å². The van der Waals surface area contributed by atoms with Crippen LogP contribution >= 0.6 is 0 Å². The van der Waals surface area contributed by atoms with E-state index >= 15 is 0 Å². The van der Waals surface area contributed by atoms with E-state index in [2.05, 4.69) is 6.07 Å². The number of hydrogen-bond donors (Lipinski definition) is 1. The molecule has 0 aliphatic carbocycles. The Labute approximate surface area is 172 Å². The summed E-state index contributed by atoms with van der Waals surface area (Å²) in [5.41, 5.74) is 2.20. The molecular formula is C23H29N3O3. The molecule has 0 radical (unpaired) electrons. The van der Waals surface area contributed by atoms with Gasteiger partial charge in [-0.15, -0.1) is 0 Å². The second-order valence-corrected chi connectivity index (χ2v) is 8.09. The minimum atomic E-state index is -0.951. The van der Waals surface area contributed by atoms with E-state index in [1.807, 2.05) is 51.1 Å². The maximum Gasteiger partial charge on any atom is 0.407 e. The van der Waals surface area contributed by atoms with E-state index in [1.54, 1.807) is 19.3 Å². The zero-order valence-electron chi connectivity index (χ0n) is 17.6. The molecule has 0 saturated carbocycles. The number of nitrogens with zero attached hydrogens (tertiary/aromatic N) is 3. The molecule has 1 aromatic carbocycles. The molecule has 1 amide bonds. The highest BCUT2D eigenvalue weighted by Gasteiger charge is 2.21. The predicted octanol–water partition coefficient (Wildman–Crippen LogP) is 4.81. The van der Waals surface area contributed by atoms with E-state index in [-0.39, 0.29) is 17.0 Å². The fourth-order valence-electron chi connectivity index (χ4n) is 3.22. The van der Waals surface area contributed by atoms with Crippen molar-refractivity contribution in [3.63, 3.8) is 0 Å². The van der Waals surface area contributed by atoms with Crippen molar-refractivity contribution in [1.82, 2.24) is 9.47 Å². The highest BCUT2D eigenvalue weighted by molar-refractivity contribution is 5.66. The summed E-state index contributed by atoms with van der Waals surface area (Å²) in [5, 5.41) is 18.7. The molecule has 0 aliphatic rings. The number of aromatic nitrogens is 1. The fraction of sp³-hybridized carbons (Fsp3) is 0.435. The zero-order chi connectivity index (χ0) is 21.6. The van der Waals surface area contributed by atoms with E-state index in [0.717, 1.165) is 29.5 Å². The zero-order valence-corrected chi connectivity index (χ0v) is 17.6. The van der Waals surface area contributed by atoms with Crippen LogP contribution in [0.25, 0.3) is 11.1 Å². The number of aryl methyl sites for hydroxylation is 1. The molecule has 29 heavy (non-hydrogen) atoms. The van der Waals surface area contributed by atoms with Crippen molar-refractivity contribution in [2.24, 2.45) is 12.5 Å². The molecular weight excluding hydrogens is 366 g/mol. The molecule has 2 rings (SSSR count). The maximum absolute atomic E-state index is 11.8. The Balaban J connectivity index is 2.06. The average molecular weight is 396 g/mol. The van der Waals surface area contributed by atoms with Gasteiger partial charge >= 0.3 is 6.09 Å². The average Bonchev–Trinajstić information content (AvgIpc) is 2.69. The van der Waals surface area contributed by atoms with E-state index in [9.17, 15) is 14.7 Å². The maximum atomic E-state index is 11.8. The lowest BCUT2D eigenvalue weighted by Gasteiger charge is -2.27. The minimum Gasteiger partial charge on any atom is -0.465 e. The lowest BCUT2D eigenvalue weighted by atomic mass is 9.89. The van der Waals surface area contributed by atoms with Gasteiger partial charge in [-0.25, -0.2) is 4.79 Å². The Morgan fingerprint density at radius 2 is 1.86 bits per heavy atom. The number of nitriles is 1. The third kappa shape index (κ3) is 5.95. The normalized spacial score (nSPS) is 12.2. The molecule has 0 bridgehead atoms. The van der Waals surface area contributed by atoms with Gasteiger partial charge in [-0.05, 0) is 56.4 Å². The number of carboxylic acid groups (broad SMARTS) is 1. The molecule has 1 aromatic heterocycles. The van der Waals surface area contributed by atoms with Crippen LogP contribution in [-0.2, 0) is 7.05 Å². The molecule has 1 heterocycles. The van der Waals surface area contributed by atoms with Crippen LogP contribution in [0, 0.1) is 16.7 Å². The molecule has 6 heteroatoms. The first-order valence-electron chi connectivity index (χ1n) is 9.82. The van der Waals surface area contributed by atoms with Crippen molar-refractivity contribution < 1.29 is 9.90 Å². The largest absolute Gasteiger partial charge is 0.465 e. The SMILES string of the molecule is C[C@@H](c1ccc(-c2ccn(C)c(=O)c2)cc1)N(CCCCC(C)(C)C#N)C(=O)O. The smallest absolute Gasteiger partial charge is 0.407 e. The van der Waals surface area contributed by atoms with E-state index in [0.29, 0.717) is 13.0 Å². The number of benzene rings is 1. The number of carbonyl (C=O) groups is 1. The third-order valence-electron chi connectivity index (χ3n) is 5.30. The standard InChI is InChI=1S/C23H29N3O3/c1-17(26(22(28)29)13-6-5-12-23(2,3)16-24)18-7-9-19(10-8-18)20-11-14-25(4)21(27)15-20/h7-11,14-15,17H,5-6,12-13H2,1-4H3,(H,28,29)/t17-/m0/s1. The second kappa shape index (κ2) is 9.42. The Morgan fingerprint density at radius 3 is 2.41 bits per heavy atom. The summed E-state index contributed by atoms with van der Waals surface area (Å²) in [5.74, 6) is 0. The van der Waals surface area contributed by atoms with E-state index in [1.165, 1.54) is 9.47 Å². The van der Waals surface area contributed by atoms with Crippen LogP contribution in [0.3, 0.4) is 0 Å². The number of hydrogen-bond acceptors (Lipinski definition) is 3. The van der Waals surface area contributed by atoms with Crippen molar-refractivity contribution in [2.45, 2.75) is 46.1 Å². The summed E-state index contributed by atoms with van der Waals surface area (Å²) >= 11 is 0. The van der Waals surface area contributed by atoms with Gasteiger partial charge in [-0.3, -0.25) is 4.79 Å². The molecule has 0 saturated heterocycles. The van der Waals surface area contributed by atoms with Gasteiger partial charge in [0.1, 0.15) is 0 Å². The third-order valence-corrected chi connectivity index (χ3v) is 5.30. The highest BCUT2D eigenvalue weighted by Crippen LogP contribution is 2.26. The van der Waals surface area contributed by atoms with E-state index in [4.69, 9.17) is 5.26 Å². The molecule has 1 atom stereocenters. The van der Waals surface area contributed by atoms with Crippen molar-refractivity contribution in [1.29, 1.82) is 5.26 Å². The molecule has 0 spiro atoms. The summed E-state index contributed by atoms with van der Waals surface area (Å²) in [7, 11) is 1.71. The van der Waals surface area contributed by atoms with Crippen LogP contribution < -0.4 is 5.56 Å².